The molecule has 0 spiro atoms. The van der Waals surface area contributed by atoms with Crippen LogP contribution < -0.4 is 11.1 Å². The van der Waals surface area contributed by atoms with E-state index in [4.69, 9.17) is 15.6 Å². The number of nitrogens with one attached hydrogen (secondary N) is 1. The Labute approximate surface area is 121 Å². The van der Waals surface area contributed by atoms with E-state index in [9.17, 15) is 24.9 Å². The fourth-order valence-electron chi connectivity index (χ4n) is 2.06. The lowest BCUT2D eigenvalue weighted by Gasteiger charge is -2.40. The smallest absolute Gasteiger partial charge is 0.220 e. The van der Waals surface area contributed by atoms with Gasteiger partial charge in [-0.2, -0.15) is 0 Å². The highest BCUT2D eigenvalue weighted by molar-refractivity contribution is 5.77. The van der Waals surface area contributed by atoms with Crippen molar-refractivity contribution in [1.29, 1.82) is 0 Å². The third-order valence-corrected chi connectivity index (χ3v) is 3.55. The first-order valence-corrected chi connectivity index (χ1v) is 6.62. The highest BCUT2D eigenvalue weighted by Gasteiger charge is 2.44. The molecule has 9 heteroatoms. The van der Waals surface area contributed by atoms with Crippen LogP contribution in [0, 0.1) is 5.92 Å². The zero-order valence-corrected chi connectivity index (χ0v) is 11.6. The van der Waals surface area contributed by atoms with Crippen molar-refractivity contribution in [3.05, 3.63) is 0 Å². The summed E-state index contributed by atoms with van der Waals surface area (Å²) in [6, 6.07) is -2.03. The van der Waals surface area contributed by atoms with E-state index in [-0.39, 0.29) is 6.42 Å². The lowest BCUT2D eigenvalue weighted by molar-refractivity contribution is -0.253. The van der Waals surface area contributed by atoms with Crippen molar-refractivity contribution in [2.45, 2.75) is 50.0 Å². The molecule has 122 valence electrons. The van der Waals surface area contributed by atoms with Crippen LogP contribution in [0.25, 0.3) is 0 Å². The van der Waals surface area contributed by atoms with Crippen molar-refractivity contribution < 1.29 is 34.8 Å². The second kappa shape index (κ2) is 7.78. The van der Waals surface area contributed by atoms with Crippen LogP contribution in [0.2, 0.25) is 0 Å². The van der Waals surface area contributed by atoms with E-state index in [2.05, 4.69) is 5.32 Å². The summed E-state index contributed by atoms with van der Waals surface area (Å²) in [5.41, 5.74) is 5.47. The largest absolute Gasteiger partial charge is 0.394 e. The van der Waals surface area contributed by atoms with Crippen LogP contribution in [0.5, 0.6) is 0 Å². The summed E-state index contributed by atoms with van der Waals surface area (Å²) >= 11 is 0. The molecule has 1 heterocycles. The molecule has 1 saturated heterocycles. The zero-order valence-electron chi connectivity index (χ0n) is 11.6. The molecule has 7 atom stereocenters. The molecule has 7 N–H and O–H groups in total. The van der Waals surface area contributed by atoms with Crippen LogP contribution in [0.3, 0.4) is 0 Å². The molecule has 1 amide bonds. The Kier molecular flexibility index (Phi) is 6.65. The molecule has 1 aliphatic heterocycles. The molecule has 0 aromatic carbocycles. The number of carbonyl (C=O) groups is 2. The van der Waals surface area contributed by atoms with Gasteiger partial charge in [-0.15, -0.1) is 0 Å². The van der Waals surface area contributed by atoms with Crippen molar-refractivity contribution in [3.63, 3.8) is 0 Å². The fourth-order valence-corrected chi connectivity index (χ4v) is 2.06. The lowest BCUT2D eigenvalue weighted by atomic mass is 9.95. The monoisotopic (exact) mass is 306 g/mol. The van der Waals surface area contributed by atoms with E-state index in [1.807, 2.05) is 0 Å². The first-order chi connectivity index (χ1) is 9.81. The molecule has 1 aliphatic rings. The molecular formula is C12H22N2O7. The number of hydrogen-bond acceptors (Lipinski definition) is 8. The predicted octanol–water partition coefficient (Wildman–Crippen LogP) is -3.55. The summed E-state index contributed by atoms with van der Waals surface area (Å²) in [6.45, 7) is 1.03. The van der Waals surface area contributed by atoms with Crippen LogP contribution in [0.1, 0.15) is 13.3 Å². The van der Waals surface area contributed by atoms with Gasteiger partial charge in [0.25, 0.3) is 0 Å². The number of aliphatic hydroxyl groups excluding tert-OH is 4. The lowest BCUT2D eigenvalue weighted by Crippen LogP contribution is -2.64. The van der Waals surface area contributed by atoms with E-state index in [0.29, 0.717) is 6.29 Å². The molecule has 0 saturated carbocycles. The average Bonchev–Trinajstić information content (AvgIpc) is 2.46. The second-order valence-electron chi connectivity index (χ2n) is 5.22. The highest BCUT2D eigenvalue weighted by Crippen LogP contribution is 2.20. The number of carbonyl (C=O) groups excluding carboxylic acids is 2. The molecule has 1 rings (SSSR count). The van der Waals surface area contributed by atoms with Crippen molar-refractivity contribution in [3.8, 4) is 0 Å². The van der Waals surface area contributed by atoms with Gasteiger partial charge in [-0.1, -0.05) is 6.92 Å². The Hall–Kier alpha value is -1.10. The van der Waals surface area contributed by atoms with Crippen molar-refractivity contribution in [1.82, 2.24) is 5.32 Å². The Morgan fingerprint density at radius 1 is 1.38 bits per heavy atom. The molecule has 0 aromatic rings. The number of rotatable bonds is 6. The predicted molar refractivity (Wildman–Crippen MR) is 69.7 cm³/mol. The van der Waals surface area contributed by atoms with E-state index >= 15 is 0 Å². The quantitative estimate of drug-likeness (QED) is 0.275. The maximum Gasteiger partial charge on any atom is 0.220 e. The first-order valence-electron chi connectivity index (χ1n) is 6.62. The third-order valence-electron chi connectivity index (χ3n) is 3.55. The number of amides is 1. The third kappa shape index (κ3) is 4.43. The molecule has 7 unspecified atom stereocenters. The van der Waals surface area contributed by atoms with Gasteiger partial charge in [0.1, 0.15) is 30.6 Å². The van der Waals surface area contributed by atoms with Gasteiger partial charge in [-0.25, -0.2) is 0 Å². The van der Waals surface area contributed by atoms with Crippen molar-refractivity contribution in [2.24, 2.45) is 11.7 Å². The molecule has 0 aliphatic carbocycles. The highest BCUT2D eigenvalue weighted by atomic mass is 16.6. The van der Waals surface area contributed by atoms with Gasteiger partial charge in [-0.05, 0) is 5.92 Å². The summed E-state index contributed by atoms with van der Waals surface area (Å²) in [4.78, 5) is 22.3. The van der Waals surface area contributed by atoms with Crippen LogP contribution in [-0.4, -0.2) is 75.9 Å². The van der Waals surface area contributed by atoms with Gasteiger partial charge in [0, 0.05) is 6.42 Å². The number of aliphatic hydroxyl groups is 4. The van der Waals surface area contributed by atoms with Gasteiger partial charge >= 0.3 is 0 Å². The second-order valence-corrected chi connectivity index (χ2v) is 5.22. The van der Waals surface area contributed by atoms with Gasteiger partial charge in [-0.3, -0.25) is 4.79 Å². The minimum Gasteiger partial charge on any atom is -0.394 e. The Morgan fingerprint density at radius 3 is 2.52 bits per heavy atom. The van der Waals surface area contributed by atoms with Crippen LogP contribution in [0.15, 0.2) is 0 Å². The van der Waals surface area contributed by atoms with Crippen molar-refractivity contribution >= 4 is 12.2 Å². The van der Waals surface area contributed by atoms with E-state index in [1.54, 1.807) is 6.92 Å². The summed E-state index contributed by atoms with van der Waals surface area (Å²) in [5, 5.41) is 40.5. The Bertz CT molecular complexity index is 368. The van der Waals surface area contributed by atoms with Gasteiger partial charge in [0.05, 0.1) is 12.6 Å². The SMILES string of the molecule is CC(CC(=O)NC1C(O)OC(CO)C(O)C1O)C(N)C=O. The minimum atomic E-state index is -1.57. The Morgan fingerprint density at radius 2 is 2.00 bits per heavy atom. The number of ether oxygens (including phenoxy) is 1. The maximum atomic E-state index is 11.8. The minimum absolute atomic E-state index is 0.0879. The molecule has 1 fully saturated rings. The van der Waals surface area contributed by atoms with Gasteiger partial charge < -0.3 is 41.0 Å². The molecule has 0 radical (unpaired) electrons. The fraction of sp³-hybridized carbons (Fsp3) is 0.833. The molecule has 9 nitrogen and oxygen atoms in total. The van der Waals surface area contributed by atoms with E-state index in [0.717, 1.165) is 0 Å². The van der Waals surface area contributed by atoms with Crippen molar-refractivity contribution in [2.75, 3.05) is 6.61 Å². The average molecular weight is 306 g/mol. The topological polar surface area (TPSA) is 162 Å². The molecule has 21 heavy (non-hydrogen) atoms. The number of aldehydes is 1. The zero-order chi connectivity index (χ0) is 16.2. The summed E-state index contributed by atoms with van der Waals surface area (Å²) in [6.07, 6.45) is -5.20. The maximum absolute atomic E-state index is 11.8. The Balaban J connectivity index is 2.60. The number of hydrogen-bond donors (Lipinski definition) is 6. The van der Waals surface area contributed by atoms with Crippen LogP contribution in [-0.2, 0) is 14.3 Å². The molecule has 0 aromatic heterocycles. The van der Waals surface area contributed by atoms with Gasteiger partial charge in [0.2, 0.25) is 5.91 Å². The summed E-state index contributed by atoms with van der Waals surface area (Å²) < 4.78 is 4.91. The number of nitrogens with two attached hydrogens (primary N) is 1. The molecular weight excluding hydrogens is 284 g/mol. The van der Waals surface area contributed by atoms with Crippen LogP contribution in [0.4, 0.5) is 0 Å². The molecule has 0 bridgehead atoms. The van der Waals surface area contributed by atoms with Gasteiger partial charge in [0.15, 0.2) is 6.29 Å². The van der Waals surface area contributed by atoms with E-state index < -0.39 is 55.1 Å². The standard InChI is InChI=1S/C12H22N2O7/c1-5(6(13)3-15)2-8(17)14-9-11(19)10(18)7(4-16)21-12(9)20/h3,5-7,9-12,16,18-20H,2,4,13H2,1H3,(H,14,17). The summed E-state index contributed by atoms with van der Waals surface area (Å²) in [5.74, 6) is -0.974. The first kappa shape index (κ1) is 18.0. The normalized spacial score (nSPS) is 35.8. The van der Waals surface area contributed by atoms with Crippen LogP contribution >= 0.6 is 0 Å². The van der Waals surface area contributed by atoms with E-state index in [1.165, 1.54) is 0 Å². The summed E-state index contributed by atoms with van der Waals surface area (Å²) in [7, 11) is 0.